The van der Waals surface area contributed by atoms with Crippen LogP contribution in [0.15, 0.2) is 41.1 Å². The predicted molar refractivity (Wildman–Crippen MR) is 92.0 cm³/mol. The predicted octanol–water partition coefficient (Wildman–Crippen LogP) is 4.07. The summed E-state index contributed by atoms with van der Waals surface area (Å²) in [5, 5.41) is 5.18. The minimum atomic E-state index is -0.392. The average Bonchev–Trinajstić information content (AvgIpc) is 3.12. The van der Waals surface area contributed by atoms with Gasteiger partial charge in [0.1, 0.15) is 6.61 Å². The summed E-state index contributed by atoms with van der Waals surface area (Å²) >= 11 is 4.96. The van der Waals surface area contributed by atoms with Crippen LogP contribution in [0.2, 0.25) is 0 Å². The molecule has 0 saturated carbocycles. The molecule has 0 radical (unpaired) electrons. The zero-order valence-electron chi connectivity index (χ0n) is 12.6. The number of aromatic nitrogens is 3. The van der Waals surface area contributed by atoms with E-state index in [0.29, 0.717) is 5.56 Å². The molecule has 1 aromatic carbocycles. The second kappa shape index (κ2) is 6.64. The molecular formula is C16H14BrN3O2S. The molecule has 0 aliphatic carbocycles. The molecule has 0 aliphatic rings. The van der Waals surface area contributed by atoms with E-state index in [2.05, 4.69) is 26.0 Å². The lowest BCUT2D eigenvalue weighted by Crippen LogP contribution is -2.04. The van der Waals surface area contributed by atoms with E-state index in [0.717, 1.165) is 25.7 Å². The van der Waals surface area contributed by atoms with Gasteiger partial charge in [0, 0.05) is 10.7 Å². The van der Waals surface area contributed by atoms with Gasteiger partial charge < -0.3 is 4.74 Å². The van der Waals surface area contributed by atoms with Crippen LogP contribution in [0.25, 0.3) is 5.69 Å². The standard InChI is InChI=1S/C16H14BrN3O2S/c1-10-15(23-11(2)19-10)9-22-16(21)12-7-18-20(8-12)14-5-3-4-13(17)6-14/h3-8H,9H2,1-2H3. The number of benzene rings is 1. The molecule has 2 aromatic heterocycles. The van der Waals surface area contributed by atoms with Crippen molar-refractivity contribution < 1.29 is 9.53 Å². The second-order valence-corrected chi connectivity index (χ2v) is 7.17. The molecule has 3 rings (SSSR count). The highest BCUT2D eigenvalue weighted by atomic mass is 79.9. The Morgan fingerprint density at radius 1 is 1.39 bits per heavy atom. The smallest absolute Gasteiger partial charge is 0.341 e. The van der Waals surface area contributed by atoms with Crippen molar-refractivity contribution in [1.29, 1.82) is 0 Å². The summed E-state index contributed by atoms with van der Waals surface area (Å²) in [6, 6.07) is 7.68. The van der Waals surface area contributed by atoms with Crippen LogP contribution < -0.4 is 0 Å². The lowest BCUT2D eigenvalue weighted by atomic mass is 10.3. The molecule has 0 saturated heterocycles. The van der Waals surface area contributed by atoms with E-state index in [4.69, 9.17) is 4.74 Å². The fraction of sp³-hybridized carbons (Fsp3) is 0.188. The molecule has 0 bridgehead atoms. The van der Waals surface area contributed by atoms with Gasteiger partial charge in [-0.15, -0.1) is 11.3 Å². The first-order valence-electron chi connectivity index (χ1n) is 6.93. The Morgan fingerprint density at radius 2 is 2.22 bits per heavy atom. The second-order valence-electron chi connectivity index (χ2n) is 4.97. The van der Waals surface area contributed by atoms with E-state index in [1.54, 1.807) is 22.2 Å². The van der Waals surface area contributed by atoms with E-state index in [-0.39, 0.29) is 6.61 Å². The first kappa shape index (κ1) is 15.9. The molecule has 7 heteroatoms. The number of esters is 1. The van der Waals surface area contributed by atoms with Gasteiger partial charge in [0.15, 0.2) is 0 Å². The van der Waals surface area contributed by atoms with E-state index in [1.807, 2.05) is 38.1 Å². The fourth-order valence-corrected chi connectivity index (χ4v) is 3.35. The summed E-state index contributed by atoms with van der Waals surface area (Å²) in [5.74, 6) is -0.392. The highest BCUT2D eigenvalue weighted by Gasteiger charge is 2.13. The van der Waals surface area contributed by atoms with Crippen LogP contribution in [0.1, 0.15) is 25.9 Å². The SMILES string of the molecule is Cc1nc(C)c(COC(=O)c2cnn(-c3cccc(Br)c3)c2)s1. The number of carbonyl (C=O) groups is 1. The zero-order chi connectivity index (χ0) is 16.4. The lowest BCUT2D eigenvalue weighted by Gasteiger charge is -2.02. The number of nitrogens with zero attached hydrogens (tertiary/aromatic N) is 3. The molecule has 0 amide bonds. The molecule has 0 N–H and O–H groups in total. The van der Waals surface area contributed by atoms with Crippen molar-refractivity contribution in [3.05, 3.63) is 62.3 Å². The Balaban J connectivity index is 1.70. The van der Waals surface area contributed by atoms with Crippen molar-refractivity contribution in [2.24, 2.45) is 0 Å². The molecule has 2 heterocycles. The van der Waals surface area contributed by atoms with Crippen molar-refractivity contribution in [1.82, 2.24) is 14.8 Å². The number of hydrogen-bond donors (Lipinski definition) is 0. The van der Waals surface area contributed by atoms with E-state index < -0.39 is 5.97 Å². The summed E-state index contributed by atoms with van der Waals surface area (Å²) in [6.07, 6.45) is 3.17. The van der Waals surface area contributed by atoms with Crippen molar-refractivity contribution in [3.63, 3.8) is 0 Å². The van der Waals surface area contributed by atoms with Gasteiger partial charge in [-0.25, -0.2) is 14.5 Å². The first-order valence-corrected chi connectivity index (χ1v) is 8.54. The minimum Gasteiger partial charge on any atom is -0.456 e. The Labute approximate surface area is 146 Å². The molecule has 0 unspecified atom stereocenters. The molecule has 118 valence electrons. The molecule has 0 fully saturated rings. The highest BCUT2D eigenvalue weighted by Crippen LogP contribution is 2.19. The number of carbonyl (C=O) groups excluding carboxylic acids is 1. The maximum Gasteiger partial charge on any atom is 0.341 e. The highest BCUT2D eigenvalue weighted by molar-refractivity contribution is 9.10. The van der Waals surface area contributed by atoms with Crippen LogP contribution >= 0.6 is 27.3 Å². The van der Waals surface area contributed by atoms with E-state index in [1.165, 1.54) is 6.20 Å². The largest absolute Gasteiger partial charge is 0.456 e. The fourth-order valence-electron chi connectivity index (χ4n) is 2.11. The number of aryl methyl sites for hydroxylation is 2. The third-order valence-corrected chi connectivity index (χ3v) is 4.76. The summed E-state index contributed by atoms with van der Waals surface area (Å²) in [5.41, 5.74) is 2.20. The maximum atomic E-state index is 12.1. The topological polar surface area (TPSA) is 57.0 Å². The summed E-state index contributed by atoms with van der Waals surface area (Å²) < 4.78 is 7.94. The van der Waals surface area contributed by atoms with Crippen molar-refractivity contribution in [2.75, 3.05) is 0 Å². The van der Waals surface area contributed by atoms with Crippen LogP contribution in [-0.4, -0.2) is 20.7 Å². The quantitative estimate of drug-likeness (QED) is 0.629. The van der Waals surface area contributed by atoms with Gasteiger partial charge in [0.2, 0.25) is 0 Å². The zero-order valence-corrected chi connectivity index (χ0v) is 15.0. The van der Waals surface area contributed by atoms with Crippen LogP contribution in [0.3, 0.4) is 0 Å². The Bertz CT molecular complexity index is 857. The third-order valence-electron chi connectivity index (χ3n) is 3.22. The lowest BCUT2D eigenvalue weighted by molar-refractivity contribution is 0.0476. The normalized spacial score (nSPS) is 10.7. The number of thiazole rings is 1. The Hall–Kier alpha value is -1.99. The minimum absolute atomic E-state index is 0.234. The Kier molecular flexibility index (Phi) is 4.58. The molecule has 0 atom stereocenters. The summed E-state index contributed by atoms with van der Waals surface area (Å²) in [6.45, 7) is 4.08. The summed E-state index contributed by atoms with van der Waals surface area (Å²) in [7, 11) is 0. The van der Waals surface area contributed by atoms with Gasteiger partial charge in [-0.3, -0.25) is 0 Å². The van der Waals surface area contributed by atoms with Gasteiger partial charge in [0.05, 0.1) is 33.0 Å². The van der Waals surface area contributed by atoms with Gasteiger partial charge in [0.25, 0.3) is 0 Å². The molecule has 3 aromatic rings. The molecule has 23 heavy (non-hydrogen) atoms. The average molecular weight is 392 g/mol. The van der Waals surface area contributed by atoms with Crippen LogP contribution in [-0.2, 0) is 11.3 Å². The molecule has 5 nitrogen and oxygen atoms in total. The summed E-state index contributed by atoms with van der Waals surface area (Å²) in [4.78, 5) is 17.4. The van der Waals surface area contributed by atoms with Crippen molar-refractivity contribution in [3.8, 4) is 5.69 Å². The first-order chi connectivity index (χ1) is 11.0. The number of rotatable bonds is 4. The van der Waals surface area contributed by atoms with E-state index in [9.17, 15) is 4.79 Å². The van der Waals surface area contributed by atoms with Gasteiger partial charge in [-0.05, 0) is 32.0 Å². The number of halogens is 1. The number of hydrogen-bond acceptors (Lipinski definition) is 5. The van der Waals surface area contributed by atoms with Gasteiger partial charge >= 0.3 is 5.97 Å². The van der Waals surface area contributed by atoms with Crippen LogP contribution in [0.5, 0.6) is 0 Å². The van der Waals surface area contributed by atoms with Crippen molar-refractivity contribution in [2.45, 2.75) is 20.5 Å². The maximum absolute atomic E-state index is 12.1. The van der Waals surface area contributed by atoms with Crippen LogP contribution in [0, 0.1) is 13.8 Å². The monoisotopic (exact) mass is 391 g/mol. The van der Waals surface area contributed by atoms with Crippen LogP contribution in [0.4, 0.5) is 0 Å². The third kappa shape index (κ3) is 3.68. The van der Waals surface area contributed by atoms with Crippen molar-refractivity contribution >= 4 is 33.2 Å². The Morgan fingerprint density at radius 3 is 2.91 bits per heavy atom. The molecule has 0 spiro atoms. The van der Waals surface area contributed by atoms with Gasteiger partial charge in [-0.2, -0.15) is 5.10 Å². The molecule has 0 aliphatic heterocycles. The number of ether oxygens (including phenoxy) is 1. The van der Waals surface area contributed by atoms with Gasteiger partial charge in [-0.1, -0.05) is 22.0 Å². The molecular weight excluding hydrogens is 378 g/mol. The van der Waals surface area contributed by atoms with E-state index >= 15 is 0 Å².